The third-order valence-electron chi connectivity index (χ3n) is 2.29. The molecule has 0 aliphatic rings. The molecule has 0 saturated heterocycles. The molecule has 0 saturated carbocycles. The highest BCUT2D eigenvalue weighted by atomic mass is 79.9. The SMILES string of the molecule is N#Cc1ncc(Br)cc1Oc1ccccc1CO. The quantitative estimate of drug-likeness (QED) is 0.946. The molecular formula is C13H9BrN2O2. The molecule has 1 aromatic carbocycles. The van der Waals surface area contributed by atoms with Crippen LogP contribution in [0.15, 0.2) is 41.0 Å². The Bertz CT molecular complexity index is 608. The van der Waals surface area contributed by atoms with E-state index >= 15 is 0 Å². The minimum Gasteiger partial charge on any atom is -0.454 e. The first kappa shape index (κ1) is 12.6. The van der Waals surface area contributed by atoms with Gasteiger partial charge in [-0.15, -0.1) is 0 Å². The molecule has 1 N–H and O–H groups in total. The molecule has 1 aromatic heterocycles. The van der Waals surface area contributed by atoms with E-state index in [2.05, 4.69) is 20.9 Å². The van der Waals surface area contributed by atoms with Crippen LogP contribution in [-0.2, 0) is 6.61 Å². The van der Waals surface area contributed by atoms with E-state index in [1.807, 2.05) is 12.1 Å². The third kappa shape index (κ3) is 2.67. The average Bonchev–Trinajstić information content (AvgIpc) is 2.40. The summed E-state index contributed by atoms with van der Waals surface area (Å²) >= 11 is 3.27. The van der Waals surface area contributed by atoms with Crippen molar-refractivity contribution in [1.29, 1.82) is 5.26 Å². The maximum atomic E-state index is 9.21. The van der Waals surface area contributed by atoms with E-state index < -0.39 is 0 Å². The summed E-state index contributed by atoms with van der Waals surface area (Å²) in [7, 11) is 0. The highest BCUT2D eigenvalue weighted by Crippen LogP contribution is 2.28. The topological polar surface area (TPSA) is 66.1 Å². The number of hydrogen-bond donors (Lipinski definition) is 1. The van der Waals surface area contributed by atoms with Crippen molar-refractivity contribution in [3.05, 3.63) is 52.3 Å². The van der Waals surface area contributed by atoms with Crippen molar-refractivity contribution in [2.45, 2.75) is 6.61 Å². The number of nitriles is 1. The predicted octanol–water partition coefficient (Wildman–Crippen LogP) is 3.00. The summed E-state index contributed by atoms with van der Waals surface area (Å²) in [6, 6.07) is 10.7. The van der Waals surface area contributed by atoms with Gasteiger partial charge in [-0.2, -0.15) is 5.26 Å². The van der Waals surface area contributed by atoms with E-state index in [0.717, 1.165) is 4.47 Å². The second-order valence-electron chi connectivity index (χ2n) is 3.48. The van der Waals surface area contributed by atoms with Crippen LogP contribution < -0.4 is 4.74 Å². The largest absolute Gasteiger partial charge is 0.454 e. The lowest BCUT2D eigenvalue weighted by molar-refractivity contribution is 0.276. The normalized spacial score (nSPS) is 9.83. The average molecular weight is 305 g/mol. The van der Waals surface area contributed by atoms with Gasteiger partial charge in [0.1, 0.15) is 11.8 Å². The van der Waals surface area contributed by atoms with Gasteiger partial charge < -0.3 is 9.84 Å². The number of hydrogen-bond acceptors (Lipinski definition) is 4. The van der Waals surface area contributed by atoms with Gasteiger partial charge in [0.05, 0.1) is 6.61 Å². The molecule has 2 aromatic rings. The Balaban J connectivity index is 2.40. The number of para-hydroxylation sites is 1. The Morgan fingerprint density at radius 1 is 1.33 bits per heavy atom. The lowest BCUT2D eigenvalue weighted by Gasteiger charge is -2.10. The van der Waals surface area contributed by atoms with E-state index in [4.69, 9.17) is 10.00 Å². The minimum atomic E-state index is -0.126. The van der Waals surface area contributed by atoms with Gasteiger partial charge in [0, 0.05) is 16.2 Å². The molecule has 0 aliphatic carbocycles. The van der Waals surface area contributed by atoms with Gasteiger partial charge in [0.15, 0.2) is 11.4 Å². The summed E-state index contributed by atoms with van der Waals surface area (Å²) in [6.07, 6.45) is 1.53. The zero-order chi connectivity index (χ0) is 13.0. The van der Waals surface area contributed by atoms with Gasteiger partial charge in [0.2, 0.25) is 0 Å². The molecule has 0 atom stereocenters. The molecule has 2 rings (SSSR count). The Morgan fingerprint density at radius 2 is 2.11 bits per heavy atom. The summed E-state index contributed by atoms with van der Waals surface area (Å²) in [4.78, 5) is 3.95. The van der Waals surface area contributed by atoms with Gasteiger partial charge >= 0.3 is 0 Å². The van der Waals surface area contributed by atoms with Crippen LogP contribution in [0.1, 0.15) is 11.3 Å². The number of aromatic nitrogens is 1. The van der Waals surface area contributed by atoms with Crippen molar-refractivity contribution < 1.29 is 9.84 Å². The van der Waals surface area contributed by atoms with Gasteiger partial charge in [-0.3, -0.25) is 0 Å². The first-order valence-corrected chi connectivity index (χ1v) is 5.96. The van der Waals surface area contributed by atoms with Crippen molar-refractivity contribution >= 4 is 15.9 Å². The Labute approximate surface area is 113 Å². The maximum Gasteiger partial charge on any atom is 0.183 e. The third-order valence-corrected chi connectivity index (χ3v) is 2.72. The van der Waals surface area contributed by atoms with E-state index in [-0.39, 0.29) is 12.3 Å². The molecular weight excluding hydrogens is 296 g/mol. The van der Waals surface area contributed by atoms with Gasteiger partial charge in [-0.25, -0.2) is 4.98 Å². The number of halogens is 1. The lowest BCUT2D eigenvalue weighted by Crippen LogP contribution is -1.95. The first-order chi connectivity index (χ1) is 8.74. The number of aliphatic hydroxyl groups excluding tert-OH is 1. The molecule has 0 aliphatic heterocycles. The standard InChI is InChI=1S/C13H9BrN2O2/c14-10-5-13(11(6-15)16-7-10)18-12-4-2-1-3-9(12)8-17/h1-5,7,17H,8H2. The molecule has 0 bridgehead atoms. The molecule has 18 heavy (non-hydrogen) atoms. The van der Waals surface area contributed by atoms with Crippen LogP contribution in [0.3, 0.4) is 0 Å². The first-order valence-electron chi connectivity index (χ1n) is 5.17. The summed E-state index contributed by atoms with van der Waals surface area (Å²) in [5.41, 5.74) is 0.854. The monoisotopic (exact) mass is 304 g/mol. The number of aliphatic hydroxyl groups is 1. The summed E-state index contributed by atoms with van der Waals surface area (Å²) in [5.74, 6) is 0.865. The van der Waals surface area contributed by atoms with Gasteiger partial charge in [-0.05, 0) is 28.1 Å². The van der Waals surface area contributed by atoms with E-state index in [9.17, 15) is 5.11 Å². The molecule has 90 valence electrons. The van der Waals surface area contributed by atoms with Crippen molar-refractivity contribution in [1.82, 2.24) is 4.98 Å². The van der Waals surface area contributed by atoms with Crippen molar-refractivity contribution in [2.75, 3.05) is 0 Å². The van der Waals surface area contributed by atoms with E-state index in [0.29, 0.717) is 17.1 Å². The fraction of sp³-hybridized carbons (Fsp3) is 0.0769. The van der Waals surface area contributed by atoms with Crippen LogP contribution in [0.4, 0.5) is 0 Å². The van der Waals surface area contributed by atoms with Crippen molar-refractivity contribution in [3.8, 4) is 17.6 Å². The summed E-state index contributed by atoms with van der Waals surface area (Å²) in [5, 5.41) is 18.2. The van der Waals surface area contributed by atoms with E-state index in [1.54, 1.807) is 24.3 Å². The fourth-order valence-corrected chi connectivity index (χ4v) is 1.75. The number of pyridine rings is 1. The number of rotatable bonds is 3. The van der Waals surface area contributed by atoms with Crippen LogP contribution in [0, 0.1) is 11.3 Å². The second kappa shape index (κ2) is 5.63. The van der Waals surface area contributed by atoms with Crippen LogP contribution >= 0.6 is 15.9 Å². The fourth-order valence-electron chi connectivity index (χ4n) is 1.43. The number of nitrogens with zero attached hydrogens (tertiary/aromatic N) is 2. The number of benzene rings is 1. The van der Waals surface area contributed by atoms with Crippen molar-refractivity contribution in [2.24, 2.45) is 0 Å². The van der Waals surface area contributed by atoms with Crippen LogP contribution in [-0.4, -0.2) is 10.1 Å². The van der Waals surface area contributed by atoms with E-state index in [1.165, 1.54) is 6.20 Å². The molecule has 0 amide bonds. The van der Waals surface area contributed by atoms with Gasteiger partial charge in [-0.1, -0.05) is 18.2 Å². The molecule has 0 radical (unpaired) electrons. The minimum absolute atomic E-state index is 0.126. The Hall–Kier alpha value is -1.90. The Morgan fingerprint density at radius 3 is 2.83 bits per heavy atom. The van der Waals surface area contributed by atoms with Crippen LogP contribution in [0.25, 0.3) is 0 Å². The zero-order valence-electron chi connectivity index (χ0n) is 9.30. The molecule has 5 heteroatoms. The molecule has 0 spiro atoms. The molecule has 4 nitrogen and oxygen atoms in total. The van der Waals surface area contributed by atoms with Crippen molar-refractivity contribution in [3.63, 3.8) is 0 Å². The molecule has 0 unspecified atom stereocenters. The summed E-state index contributed by atoms with van der Waals surface area (Å²) < 4.78 is 6.35. The highest BCUT2D eigenvalue weighted by Gasteiger charge is 2.09. The maximum absolute atomic E-state index is 9.21. The predicted molar refractivity (Wildman–Crippen MR) is 69.1 cm³/mol. The smallest absolute Gasteiger partial charge is 0.183 e. The molecule has 0 fully saturated rings. The van der Waals surface area contributed by atoms with Gasteiger partial charge in [0.25, 0.3) is 0 Å². The lowest BCUT2D eigenvalue weighted by atomic mass is 10.2. The van der Waals surface area contributed by atoms with Crippen LogP contribution in [0.2, 0.25) is 0 Å². The molecule has 1 heterocycles. The Kier molecular flexibility index (Phi) is 3.92. The second-order valence-corrected chi connectivity index (χ2v) is 4.40. The van der Waals surface area contributed by atoms with Crippen LogP contribution in [0.5, 0.6) is 11.5 Å². The highest BCUT2D eigenvalue weighted by molar-refractivity contribution is 9.10. The summed E-state index contributed by atoms with van der Waals surface area (Å²) in [6.45, 7) is -0.126. The zero-order valence-corrected chi connectivity index (χ0v) is 10.9. The number of ether oxygens (including phenoxy) is 1.